The quantitative estimate of drug-likeness (QED) is 0.488. The van der Waals surface area contributed by atoms with Gasteiger partial charge in [0.05, 0.1) is 13.2 Å². The van der Waals surface area contributed by atoms with Crippen LogP contribution in [0, 0.1) is 0 Å². The van der Waals surface area contributed by atoms with Gasteiger partial charge in [-0.1, -0.05) is 6.92 Å². The van der Waals surface area contributed by atoms with Crippen LogP contribution >= 0.6 is 0 Å². The predicted molar refractivity (Wildman–Crippen MR) is 43.2 cm³/mol. The summed E-state index contributed by atoms with van der Waals surface area (Å²) < 4.78 is 0. The van der Waals surface area contributed by atoms with Crippen molar-refractivity contribution in [1.29, 1.82) is 0 Å². The normalized spacial score (nSPS) is 12.6. The molecule has 1 atom stereocenters. The first kappa shape index (κ1) is 10.4. The van der Waals surface area contributed by atoms with Crippen LogP contribution < -0.4 is 10.6 Å². The summed E-state index contributed by atoms with van der Waals surface area (Å²) in [4.78, 5) is 10.9. The van der Waals surface area contributed by atoms with Gasteiger partial charge in [-0.2, -0.15) is 0 Å². The zero-order valence-electron chi connectivity index (χ0n) is 7.05. The zero-order chi connectivity index (χ0) is 8.69. The van der Waals surface area contributed by atoms with Crippen LogP contribution in [-0.2, 0) is 4.79 Å². The molecule has 3 N–H and O–H groups in total. The van der Waals surface area contributed by atoms with Gasteiger partial charge >= 0.3 is 0 Å². The number of carbonyl (C=O) groups is 1. The average molecular weight is 160 g/mol. The molecular weight excluding hydrogens is 144 g/mol. The van der Waals surface area contributed by atoms with Crippen molar-refractivity contribution in [2.45, 2.75) is 19.9 Å². The minimum absolute atomic E-state index is 0.0160. The van der Waals surface area contributed by atoms with E-state index in [4.69, 9.17) is 5.11 Å². The summed E-state index contributed by atoms with van der Waals surface area (Å²) >= 11 is 0. The van der Waals surface area contributed by atoms with Gasteiger partial charge < -0.3 is 15.7 Å². The number of hydrogen-bond acceptors (Lipinski definition) is 3. The van der Waals surface area contributed by atoms with E-state index in [0.717, 1.165) is 6.54 Å². The number of likely N-dealkylation sites (N-methyl/N-ethyl adjacent to an activating group) is 1. The minimum atomic E-state index is -0.152. The maximum Gasteiger partial charge on any atom is 0.234 e. The highest BCUT2D eigenvalue weighted by molar-refractivity contribution is 5.78. The van der Waals surface area contributed by atoms with Crippen molar-refractivity contribution in [3.63, 3.8) is 0 Å². The lowest BCUT2D eigenvalue weighted by Crippen LogP contribution is -2.40. The number of nitrogens with one attached hydrogen (secondary N) is 2. The fraction of sp³-hybridized carbons (Fsp3) is 0.857. The Bertz CT molecular complexity index is 117. The summed E-state index contributed by atoms with van der Waals surface area (Å²) in [7, 11) is 0. The molecule has 0 aliphatic heterocycles. The van der Waals surface area contributed by atoms with Crippen molar-refractivity contribution in [3.05, 3.63) is 0 Å². The molecule has 11 heavy (non-hydrogen) atoms. The maximum absolute atomic E-state index is 10.9. The van der Waals surface area contributed by atoms with Crippen LogP contribution in [0.3, 0.4) is 0 Å². The summed E-state index contributed by atoms with van der Waals surface area (Å²) in [5.41, 5.74) is 0. The number of rotatable bonds is 5. The Kier molecular flexibility index (Phi) is 5.78. The molecule has 4 nitrogen and oxygen atoms in total. The third-order valence-corrected chi connectivity index (χ3v) is 1.22. The lowest BCUT2D eigenvalue weighted by atomic mass is 10.3. The van der Waals surface area contributed by atoms with Crippen LogP contribution in [0.15, 0.2) is 0 Å². The van der Waals surface area contributed by atoms with Gasteiger partial charge in [0.2, 0.25) is 5.91 Å². The van der Waals surface area contributed by atoms with E-state index in [2.05, 4.69) is 10.6 Å². The van der Waals surface area contributed by atoms with E-state index < -0.39 is 0 Å². The Balaban J connectivity index is 3.36. The fourth-order valence-electron chi connectivity index (χ4n) is 0.610. The Morgan fingerprint density at radius 3 is 2.73 bits per heavy atom. The molecule has 0 radical (unpaired) electrons. The first-order chi connectivity index (χ1) is 5.20. The Morgan fingerprint density at radius 1 is 1.64 bits per heavy atom. The van der Waals surface area contributed by atoms with Gasteiger partial charge in [-0.25, -0.2) is 0 Å². The molecule has 0 aromatic rings. The van der Waals surface area contributed by atoms with Crippen LogP contribution in [0.25, 0.3) is 0 Å². The lowest BCUT2D eigenvalue weighted by molar-refractivity contribution is -0.121. The molecule has 1 amide bonds. The summed E-state index contributed by atoms with van der Waals surface area (Å²) in [5, 5.41) is 14.1. The third-order valence-electron chi connectivity index (χ3n) is 1.22. The van der Waals surface area contributed by atoms with E-state index in [0.29, 0.717) is 6.54 Å². The molecule has 0 aliphatic carbocycles. The second kappa shape index (κ2) is 6.12. The molecule has 0 rings (SSSR count). The van der Waals surface area contributed by atoms with Crippen molar-refractivity contribution in [2.24, 2.45) is 0 Å². The molecule has 0 aromatic carbocycles. The van der Waals surface area contributed by atoms with Crippen molar-refractivity contribution in [2.75, 3.05) is 19.7 Å². The molecule has 0 bridgehead atoms. The zero-order valence-corrected chi connectivity index (χ0v) is 7.05. The van der Waals surface area contributed by atoms with Gasteiger partial charge in [-0.3, -0.25) is 4.79 Å². The third kappa shape index (κ3) is 5.82. The first-order valence-corrected chi connectivity index (χ1v) is 3.81. The van der Waals surface area contributed by atoms with Crippen LogP contribution in [0.5, 0.6) is 0 Å². The topological polar surface area (TPSA) is 61.4 Å². The summed E-state index contributed by atoms with van der Waals surface area (Å²) in [5.74, 6) is -0.0756. The Hall–Kier alpha value is -0.610. The smallest absolute Gasteiger partial charge is 0.234 e. The van der Waals surface area contributed by atoms with E-state index >= 15 is 0 Å². The minimum Gasteiger partial charge on any atom is -0.394 e. The lowest BCUT2D eigenvalue weighted by Gasteiger charge is -2.10. The molecule has 66 valence electrons. The van der Waals surface area contributed by atoms with Gasteiger partial charge in [0, 0.05) is 6.04 Å². The van der Waals surface area contributed by atoms with Crippen LogP contribution in [0.2, 0.25) is 0 Å². The predicted octanol–water partition coefficient (Wildman–Crippen LogP) is -0.907. The highest BCUT2D eigenvalue weighted by Gasteiger charge is 2.03. The number of aliphatic hydroxyl groups is 1. The van der Waals surface area contributed by atoms with Gasteiger partial charge in [0.25, 0.3) is 0 Å². The molecule has 0 saturated heterocycles. The second-order valence-electron chi connectivity index (χ2n) is 2.43. The monoisotopic (exact) mass is 160 g/mol. The van der Waals surface area contributed by atoms with Gasteiger partial charge in [0.1, 0.15) is 0 Å². The standard InChI is InChI=1S/C7H16N2O2/c1-3-8-4-7(11)9-6(2)5-10/h6,8,10H,3-5H2,1-2H3,(H,9,11)/t6-/m1/s1. The van der Waals surface area contributed by atoms with Crippen LogP contribution in [-0.4, -0.2) is 36.8 Å². The maximum atomic E-state index is 10.9. The molecule has 0 unspecified atom stereocenters. The highest BCUT2D eigenvalue weighted by atomic mass is 16.3. The summed E-state index contributed by atoms with van der Waals surface area (Å²) in [6.07, 6.45) is 0. The van der Waals surface area contributed by atoms with Gasteiger partial charge in [-0.15, -0.1) is 0 Å². The highest BCUT2D eigenvalue weighted by Crippen LogP contribution is 1.76. The molecule has 4 heteroatoms. The number of hydrogen-bond donors (Lipinski definition) is 3. The van der Waals surface area contributed by atoms with Crippen molar-refractivity contribution >= 4 is 5.91 Å². The summed E-state index contributed by atoms with van der Waals surface area (Å²) in [6, 6.07) is -0.152. The van der Waals surface area contributed by atoms with Crippen molar-refractivity contribution in [1.82, 2.24) is 10.6 Å². The SMILES string of the molecule is CCNCC(=O)N[C@H](C)CO. The second-order valence-corrected chi connectivity index (χ2v) is 2.43. The largest absolute Gasteiger partial charge is 0.394 e. The molecule has 0 aliphatic rings. The van der Waals surface area contributed by atoms with Crippen molar-refractivity contribution in [3.8, 4) is 0 Å². The molecule has 0 aromatic heterocycles. The fourth-order valence-corrected chi connectivity index (χ4v) is 0.610. The average Bonchev–Trinajstić information content (AvgIpc) is 2.00. The Labute approximate surface area is 67.0 Å². The van der Waals surface area contributed by atoms with Crippen LogP contribution in [0.4, 0.5) is 0 Å². The molecule has 0 saturated carbocycles. The van der Waals surface area contributed by atoms with E-state index in [9.17, 15) is 4.79 Å². The first-order valence-electron chi connectivity index (χ1n) is 3.81. The molecule has 0 heterocycles. The van der Waals surface area contributed by atoms with E-state index in [1.807, 2.05) is 6.92 Å². The number of carbonyl (C=O) groups excluding carboxylic acids is 1. The van der Waals surface area contributed by atoms with Crippen LogP contribution in [0.1, 0.15) is 13.8 Å². The Morgan fingerprint density at radius 2 is 2.27 bits per heavy atom. The van der Waals surface area contributed by atoms with E-state index in [-0.39, 0.29) is 18.6 Å². The summed E-state index contributed by atoms with van der Waals surface area (Å²) in [6.45, 7) is 4.77. The molecular formula is C7H16N2O2. The van der Waals surface area contributed by atoms with E-state index in [1.165, 1.54) is 0 Å². The van der Waals surface area contributed by atoms with Crippen molar-refractivity contribution < 1.29 is 9.90 Å². The van der Waals surface area contributed by atoms with Gasteiger partial charge in [0.15, 0.2) is 0 Å². The van der Waals surface area contributed by atoms with E-state index in [1.54, 1.807) is 6.92 Å². The number of aliphatic hydroxyl groups excluding tert-OH is 1. The number of amides is 1. The molecule has 0 spiro atoms. The molecule has 0 fully saturated rings. The van der Waals surface area contributed by atoms with Gasteiger partial charge in [-0.05, 0) is 13.5 Å².